The molecule has 0 spiro atoms. The van der Waals surface area contributed by atoms with Gasteiger partial charge in [0.2, 0.25) is 5.91 Å². The van der Waals surface area contributed by atoms with Crippen molar-refractivity contribution in [1.82, 2.24) is 10.3 Å². The van der Waals surface area contributed by atoms with Crippen molar-refractivity contribution in [3.63, 3.8) is 0 Å². The molecular formula is C16H18Cl2N2OS2. The van der Waals surface area contributed by atoms with E-state index in [2.05, 4.69) is 24.1 Å². The minimum Gasteiger partial charge on any atom is -0.349 e. The lowest BCUT2D eigenvalue weighted by Crippen LogP contribution is -2.30. The van der Waals surface area contributed by atoms with Gasteiger partial charge in [-0.1, -0.05) is 37.0 Å². The molecule has 1 aromatic heterocycles. The molecule has 2 aromatic rings. The molecule has 1 aromatic carbocycles. The van der Waals surface area contributed by atoms with Crippen LogP contribution in [0.25, 0.3) is 0 Å². The van der Waals surface area contributed by atoms with E-state index in [0.29, 0.717) is 22.5 Å². The normalized spacial score (nSPS) is 12.4. The predicted octanol–water partition coefficient (Wildman–Crippen LogP) is 5.37. The van der Waals surface area contributed by atoms with Crippen LogP contribution in [0.2, 0.25) is 10.0 Å². The molecule has 0 aliphatic heterocycles. The van der Waals surface area contributed by atoms with Crippen LogP contribution in [0.1, 0.15) is 37.4 Å². The van der Waals surface area contributed by atoms with Gasteiger partial charge in [0.15, 0.2) is 0 Å². The molecule has 0 saturated carbocycles. The lowest BCUT2D eigenvalue weighted by atomic mass is 10.2. The van der Waals surface area contributed by atoms with Gasteiger partial charge >= 0.3 is 0 Å². The fraction of sp³-hybridized carbons (Fsp3) is 0.375. The third kappa shape index (κ3) is 5.38. The maximum Gasteiger partial charge on any atom is 0.233 e. The monoisotopic (exact) mass is 388 g/mol. The lowest BCUT2D eigenvalue weighted by molar-refractivity contribution is -0.120. The van der Waals surface area contributed by atoms with Crippen molar-refractivity contribution < 1.29 is 4.79 Å². The fourth-order valence-electron chi connectivity index (χ4n) is 1.80. The summed E-state index contributed by atoms with van der Waals surface area (Å²) >= 11 is 15.1. The molecule has 3 nitrogen and oxygen atoms in total. The number of nitrogens with one attached hydrogen (secondary N) is 1. The number of hydrogen-bond donors (Lipinski definition) is 1. The zero-order valence-electron chi connectivity index (χ0n) is 13.1. The molecule has 0 aliphatic carbocycles. The Morgan fingerprint density at radius 3 is 2.74 bits per heavy atom. The Morgan fingerprint density at radius 2 is 2.09 bits per heavy atom. The summed E-state index contributed by atoms with van der Waals surface area (Å²) in [4.78, 5) is 17.5. The van der Waals surface area contributed by atoms with E-state index in [1.807, 2.05) is 12.3 Å². The summed E-state index contributed by atoms with van der Waals surface area (Å²) in [7, 11) is 0. The molecule has 1 atom stereocenters. The Labute approximate surface area is 154 Å². The highest BCUT2D eigenvalue weighted by Crippen LogP contribution is 2.32. The van der Waals surface area contributed by atoms with Crippen LogP contribution in [0.4, 0.5) is 0 Å². The van der Waals surface area contributed by atoms with E-state index in [-0.39, 0.29) is 11.2 Å². The summed E-state index contributed by atoms with van der Waals surface area (Å²) < 4.78 is 0. The number of thioether (sulfide) groups is 1. The third-order valence-electron chi connectivity index (χ3n) is 3.07. The largest absolute Gasteiger partial charge is 0.349 e. The van der Waals surface area contributed by atoms with E-state index in [9.17, 15) is 4.79 Å². The van der Waals surface area contributed by atoms with Gasteiger partial charge in [0.25, 0.3) is 0 Å². The number of rotatable bonds is 6. The van der Waals surface area contributed by atoms with E-state index in [0.717, 1.165) is 15.6 Å². The lowest BCUT2D eigenvalue weighted by Gasteiger charge is -2.12. The van der Waals surface area contributed by atoms with Gasteiger partial charge in [0.05, 0.1) is 27.5 Å². The van der Waals surface area contributed by atoms with Crippen molar-refractivity contribution >= 4 is 52.2 Å². The molecule has 1 N–H and O–H groups in total. The van der Waals surface area contributed by atoms with E-state index in [1.165, 1.54) is 11.8 Å². The number of nitrogens with zero attached hydrogens (tertiary/aromatic N) is 1. The summed E-state index contributed by atoms with van der Waals surface area (Å²) in [6.07, 6.45) is 0. The van der Waals surface area contributed by atoms with Crippen LogP contribution in [0.5, 0.6) is 0 Å². The minimum absolute atomic E-state index is 0.0508. The van der Waals surface area contributed by atoms with Crippen molar-refractivity contribution in [3.8, 4) is 0 Å². The molecule has 0 saturated heterocycles. The smallest absolute Gasteiger partial charge is 0.233 e. The first-order chi connectivity index (χ1) is 10.9. The van der Waals surface area contributed by atoms with Gasteiger partial charge < -0.3 is 5.32 Å². The number of thiazole rings is 1. The Hall–Kier alpha value is -0.750. The van der Waals surface area contributed by atoms with E-state index in [1.54, 1.807) is 29.5 Å². The maximum atomic E-state index is 12.2. The highest BCUT2D eigenvalue weighted by atomic mass is 35.5. The molecule has 23 heavy (non-hydrogen) atoms. The zero-order valence-corrected chi connectivity index (χ0v) is 16.2. The Bertz CT molecular complexity index is 688. The first-order valence-electron chi connectivity index (χ1n) is 7.20. The summed E-state index contributed by atoms with van der Waals surface area (Å²) in [6, 6.07) is 5.24. The summed E-state index contributed by atoms with van der Waals surface area (Å²) in [5, 5.41) is 6.92. The molecule has 0 aliphatic rings. The second-order valence-corrected chi connectivity index (χ2v) is 8.50. The number of carbonyl (C=O) groups is 1. The number of carbonyl (C=O) groups excluding carboxylic acids is 1. The van der Waals surface area contributed by atoms with Crippen LogP contribution < -0.4 is 5.32 Å². The van der Waals surface area contributed by atoms with E-state index < -0.39 is 0 Å². The second-order valence-electron chi connectivity index (χ2n) is 5.38. The van der Waals surface area contributed by atoms with Crippen molar-refractivity contribution in [2.75, 3.05) is 0 Å². The minimum atomic E-state index is -0.269. The van der Waals surface area contributed by atoms with Crippen LogP contribution in [0.3, 0.4) is 0 Å². The molecule has 0 fully saturated rings. The molecule has 124 valence electrons. The van der Waals surface area contributed by atoms with Crippen molar-refractivity contribution in [2.45, 2.75) is 43.4 Å². The molecule has 7 heteroatoms. The van der Waals surface area contributed by atoms with Crippen LogP contribution in [0, 0.1) is 0 Å². The van der Waals surface area contributed by atoms with Gasteiger partial charge in [-0.3, -0.25) is 4.79 Å². The SMILES string of the molecule is CC(Sc1cc(Cl)ccc1Cl)C(=O)NCc1csc(C(C)C)n1. The average molecular weight is 389 g/mol. The molecule has 1 amide bonds. The van der Waals surface area contributed by atoms with Crippen molar-refractivity contribution in [3.05, 3.63) is 44.3 Å². The first-order valence-corrected chi connectivity index (χ1v) is 9.72. The average Bonchev–Trinajstić information content (AvgIpc) is 2.97. The number of benzene rings is 1. The number of halogens is 2. The molecule has 2 rings (SSSR count). The maximum absolute atomic E-state index is 12.2. The highest BCUT2D eigenvalue weighted by Gasteiger charge is 2.16. The van der Waals surface area contributed by atoms with E-state index in [4.69, 9.17) is 23.2 Å². The highest BCUT2D eigenvalue weighted by molar-refractivity contribution is 8.00. The zero-order chi connectivity index (χ0) is 17.0. The Kier molecular flexibility index (Phi) is 6.77. The molecule has 0 bridgehead atoms. The molecular weight excluding hydrogens is 371 g/mol. The second kappa shape index (κ2) is 8.38. The first kappa shape index (κ1) is 18.6. The van der Waals surface area contributed by atoms with Crippen LogP contribution in [-0.2, 0) is 11.3 Å². The van der Waals surface area contributed by atoms with Gasteiger partial charge in [-0.25, -0.2) is 4.98 Å². The van der Waals surface area contributed by atoms with E-state index >= 15 is 0 Å². The van der Waals surface area contributed by atoms with Gasteiger partial charge in [0.1, 0.15) is 0 Å². The van der Waals surface area contributed by atoms with Gasteiger partial charge in [-0.2, -0.15) is 0 Å². The fourth-order valence-corrected chi connectivity index (χ4v) is 4.07. The van der Waals surface area contributed by atoms with Gasteiger partial charge in [0, 0.05) is 21.2 Å². The van der Waals surface area contributed by atoms with Crippen molar-refractivity contribution in [2.24, 2.45) is 0 Å². The summed E-state index contributed by atoms with van der Waals surface area (Å²) in [6.45, 7) is 6.50. The number of aromatic nitrogens is 1. The Morgan fingerprint density at radius 1 is 1.35 bits per heavy atom. The number of amides is 1. The summed E-state index contributed by atoms with van der Waals surface area (Å²) in [5.74, 6) is 0.356. The quantitative estimate of drug-likeness (QED) is 0.676. The molecule has 1 unspecified atom stereocenters. The summed E-state index contributed by atoms with van der Waals surface area (Å²) in [5.41, 5.74) is 0.894. The van der Waals surface area contributed by atoms with Crippen LogP contribution >= 0.6 is 46.3 Å². The molecule has 1 heterocycles. The van der Waals surface area contributed by atoms with Gasteiger partial charge in [-0.15, -0.1) is 23.1 Å². The van der Waals surface area contributed by atoms with Gasteiger partial charge in [-0.05, 0) is 25.1 Å². The molecule has 0 radical (unpaired) electrons. The van der Waals surface area contributed by atoms with Crippen LogP contribution in [0.15, 0.2) is 28.5 Å². The topological polar surface area (TPSA) is 42.0 Å². The third-order valence-corrected chi connectivity index (χ3v) is 6.10. The van der Waals surface area contributed by atoms with Crippen molar-refractivity contribution in [1.29, 1.82) is 0 Å². The Balaban J connectivity index is 1.90. The standard InChI is InChI=1S/C16H18Cl2N2OS2/c1-9(2)16-20-12(8-22-16)7-19-15(21)10(3)23-14-6-11(17)4-5-13(14)18/h4-6,8-10H,7H2,1-3H3,(H,19,21). The predicted molar refractivity (Wildman–Crippen MR) is 99.8 cm³/mol. The van der Waals surface area contributed by atoms with Crippen LogP contribution in [-0.4, -0.2) is 16.1 Å². The number of hydrogen-bond acceptors (Lipinski definition) is 4.